The van der Waals surface area contributed by atoms with Gasteiger partial charge >= 0.3 is 6.43 Å². The first-order valence-electron chi connectivity index (χ1n) is 2.12. The minimum atomic E-state index is -1.67. The second-order valence-electron chi connectivity index (χ2n) is 1.34. The van der Waals surface area contributed by atoms with Crippen molar-refractivity contribution in [1.82, 2.24) is 4.98 Å². The molecule has 0 unspecified atom stereocenters. The molecule has 1 aromatic rings. The van der Waals surface area contributed by atoms with Gasteiger partial charge in [-0.3, -0.25) is 0 Å². The van der Waals surface area contributed by atoms with Gasteiger partial charge in [-0.1, -0.05) is 0 Å². The number of halogens is 2. The zero-order chi connectivity index (χ0) is 5.98. The van der Waals surface area contributed by atoms with Crippen LogP contribution in [0.15, 0.2) is 18.3 Å². The fourth-order valence-corrected chi connectivity index (χ4v) is 0.448. The first kappa shape index (κ1) is 5.28. The topological polar surface area (TPSA) is 15.8 Å². The minimum absolute atomic E-state index is 0.106. The van der Waals surface area contributed by atoms with Crippen molar-refractivity contribution < 1.29 is 8.78 Å². The van der Waals surface area contributed by atoms with Crippen molar-refractivity contribution in [2.24, 2.45) is 0 Å². The number of H-pyrrole nitrogens is 1. The Morgan fingerprint density at radius 2 is 2.25 bits per heavy atom. The van der Waals surface area contributed by atoms with E-state index in [9.17, 15) is 8.78 Å². The molecule has 0 amide bonds. The molecule has 0 aliphatic carbocycles. The summed E-state index contributed by atoms with van der Waals surface area (Å²) in [7, 11) is 0. The molecule has 0 saturated carbocycles. The average Bonchev–Trinajstić information content (AvgIpc) is 2.12. The zero-order valence-corrected chi connectivity index (χ0v) is 3.99. The molecule has 3 heteroatoms. The maximum Gasteiger partial charge on any atom is 0.355 e. The van der Waals surface area contributed by atoms with Crippen molar-refractivity contribution >= 4 is 0 Å². The van der Waals surface area contributed by atoms with Crippen LogP contribution in [0.5, 0.6) is 0 Å². The lowest BCUT2D eigenvalue weighted by atomic mass is 10.5. The highest BCUT2D eigenvalue weighted by Gasteiger charge is 2.07. The number of aromatic amines is 1. The summed E-state index contributed by atoms with van der Waals surface area (Å²) in [4.78, 5) is 2.35. The second-order valence-corrected chi connectivity index (χ2v) is 1.34. The molecular weight excluding hydrogens is 112 g/mol. The monoisotopic (exact) mass is 116 g/mol. The van der Waals surface area contributed by atoms with Crippen LogP contribution < -0.4 is 0 Å². The Morgan fingerprint density at radius 1 is 1.50 bits per heavy atom. The molecule has 1 N–H and O–H groups in total. The number of hydrogen-bond acceptors (Lipinski definition) is 0. The molecule has 0 bridgehead atoms. The molecule has 1 radical (unpaired) electrons. The highest BCUT2D eigenvalue weighted by Crippen LogP contribution is 2.13. The molecule has 1 aromatic heterocycles. The third-order valence-corrected chi connectivity index (χ3v) is 0.802. The summed E-state index contributed by atoms with van der Waals surface area (Å²) in [5.41, 5.74) is -0.106. The molecule has 0 aromatic carbocycles. The van der Waals surface area contributed by atoms with Crippen LogP contribution in [0.3, 0.4) is 0 Å². The standard InChI is InChI=1S/C5H4F2N/c6-5(7)4-2-1-3-8-4/h1-3,8H. The largest absolute Gasteiger partial charge is 0.360 e. The van der Waals surface area contributed by atoms with Gasteiger partial charge in [0.05, 0.1) is 5.69 Å². The van der Waals surface area contributed by atoms with E-state index in [0.29, 0.717) is 0 Å². The zero-order valence-electron chi connectivity index (χ0n) is 3.99. The molecule has 1 rings (SSSR count). The van der Waals surface area contributed by atoms with Crippen LogP contribution in [-0.2, 0) is 0 Å². The summed E-state index contributed by atoms with van der Waals surface area (Å²) < 4.78 is 23.0. The van der Waals surface area contributed by atoms with Crippen LogP contribution in [0.4, 0.5) is 8.78 Å². The number of rotatable bonds is 1. The number of aromatic nitrogens is 1. The Labute approximate surface area is 45.3 Å². The van der Waals surface area contributed by atoms with Crippen LogP contribution in [0.1, 0.15) is 5.69 Å². The third kappa shape index (κ3) is 0.857. The van der Waals surface area contributed by atoms with Crippen LogP contribution in [0.25, 0.3) is 0 Å². The van der Waals surface area contributed by atoms with Gasteiger partial charge in [0.1, 0.15) is 0 Å². The Balaban J connectivity index is 2.77. The molecular formula is C5H4F2N. The fourth-order valence-electron chi connectivity index (χ4n) is 0.448. The van der Waals surface area contributed by atoms with E-state index >= 15 is 0 Å². The van der Waals surface area contributed by atoms with E-state index in [1.165, 1.54) is 18.3 Å². The van der Waals surface area contributed by atoms with E-state index < -0.39 is 6.43 Å². The van der Waals surface area contributed by atoms with E-state index in [-0.39, 0.29) is 5.69 Å². The summed E-state index contributed by atoms with van der Waals surface area (Å²) in [5, 5.41) is 0. The fraction of sp³-hybridized carbons (Fsp3) is 0. The van der Waals surface area contributed by atoms with Gasteiger partial charge in [0.15, 0.2) is 0 Å². The van der Waals surface area contributed by atoms with Gasteiger partial charge in [-0.25, -0.2) is 0 Å². The van der Waals surface area contributed by atoms with Crippen molar-refractivity contribution in [2.45, 2.75) is 0 Å². The summed E-state index contributed by atoms with van der Waals surface area (Å²) in [6.07, 6.45) is -0.218. The van der Waals surface area contributed by atoms with Crippen LogP contribution in [0, 0.1) is 6.43 Å². The average molecular weight is 116 g/mol. The van der Waals surface area contributed by atoms with Gasteiger partial charge in [-0.15, -0.1) is 0 Å². The van der Waals surface area contributed by atoms with E-state index in [4.69, 9.17) is 0 Å². The molecule has 0 aliphatic rings. The minimum Gasteiger partial charge on any atom is -0.360 e. The number of hydrogen-bond donors (Lipinski definition) is 1. The molecule has 0 fully saturated rings. The van der Waals surface area contributed by atoms with Gasteiger partial charge in [0.25, 0.3) is 0 Å². The highest BCUT2D eigenvalue weighted by atomic mass is 19.3. The highest BCUT2D eigenvalue weighted by molar-refractivity contribution is 5.13. The lowest BCUT2D eigenvalue weighted by Crippen LogP contribution is -1.80. The summed E-state index contributed by atoms with van der Waals surface area (Å²) >= 11 is 0. The Hall–Kier alpha value is -0.860. The molecule has 8 heavy (non-hydrogen) atoms. The maximum atomic E-state index is 11.5. The van der Waals surface area contributed by atoms with Crippen molar-refractivity contribution in [3.05, 3.63) is 30.4 Å². The van der Waals surface area contributed by atoms with Gasteiger partial charge in [0, 0.05) is 6.20 Å². The molecule has 0 aliphatic heterocycles. The van der Waals surface area contributed by atoms with E-state index in [1.54, 1.807) is 0 Å². The van der Waals surface area contributed by atoms with Gasteiger partial charge in [-0.2, -0.15) is 8.78 Å². The molecule has 0 atom stereocenters. The first-order chi connectivity index (χ1) is 3.80. The van der Waals surface area contributed by atoms with Crippen LogP contribution in [0.2, 0.25) is 0 Å². The van der Waals surface area contributed by atoms with Gasteiger partial charge in [-0.05, 0) is 12.1 Å². The maximum absolute atomic E-state index is 11.5. The lowest BCUT2D eigenvalue weighted by Gasteiger charge is -1.86. The summed E-state index contributed by atoms with van der Waals surface area (Å²) in [6, 6.07) is 2.84. The van der Waals surface area contributed by atoms with Crippen molar-refractivity contribution in [3.8, 4) is 0 Å². The van der Waals surface area contributed by atoms with E-state index in [1.807, 2.05) is 0 Å². The summed E-state index contributed by atoms with van der Waals surface area (Å²) in [6.45, 7) is 0. The van der Waals surface area contributed by atoms with E-state index in [0.717, 1.165) is 0 Å². The van der Waals surface area contributed by atoms with Crippen molar-refractivity contribution in [2.75, 3.05) is 0 Å². The Morgan fingerprint density at radius 3 is 2.50 bits per heavy atom. The van der Waals surface area contributed by atoms with E-state index in [2.05, 4.69) is 4.98 Å². The quantitative estimate of drug-likeness (QED) is 0.575. The van der Waals surface area contributed by atoms with Crippen LogP contribution >= 0.6 is 0 Å². The first-order valence-corrected chi connectivity index (χ1v) is 2.12. The smallest absolute Gasteiger partial charge is 0.355 e. The number of nitrogens with one attached hydrogen (secondary N) is 1. The molecule has 1 heterocycles. The molecule has 1 nitrogen and oxygen atoms in total. The van der Waals surface area contributed by atoms with Gasteiger partial charge in [0.2, 0.25) is 0 Å². The predicted octanol–water partition coefficient (Wildman–Crippen LogP) is 1.79. The Bertz CT molecular complexity index is 145. The Kier molecular flexibility index (Phi) is 1.28. The normalized spacial score (nSPS) is 10.4. The predicted molar refractivity (Wildman–Crippen MR) is 25.4 cm³/mol. The second kappa shape index (κ2) is 1.94. The summed E-state index contributed by atoms with van der Waals surface area (Å²) in [5.74, 6) is 0. The lowest BCUT2D eigenvalue weighted by molar-refractivity contribution is 0.320. The van der Waals surface area contributed by atoms with Crippen LogP contribution in [-0.4, -0.2) is 4.98 Å². The van der Waals surface area contributed by atoms with Gasteiger partial charge < -0.3 is 4.98 Å². The third-order valence-electron chi connectivity index (χ3n) is 0.802. The van der Waals surface area contributed by atoms with Crippen molar-refractivity contribution in [1.29, 1.82) is 0 Å². The molecule has 0 spiro atoms. The SMILES string of the molecule is F[C](F)c1ccc[nH]1. The molecule has 0 saturated heterocycles. The van der Waals surface area contributed by atoms with Crippen molar-refractivity contribution in [3.63, 3.8) is 0 Å². The molecule has 43 valence electrons.